The molecule has 9 heteroatoms. The minimum absolute atomic E-state index is 0.195. The number of amides is 1. The Bertz CT molecular complexity index is 1560. The van der Waals surface area contributed by atoms with Crippen molar-refractivity contribution >= 4 is 23.5 Å². The molecule has 0 spiro atoms. The molecule has 3 aromatic carbocycles. The fourth-order valence-corrected chi connectivity index (χ4v) is 5.69. The molecule has 4 aromatic rings. The zero-order chi connectivity index (χ0) is 27.6. The van der Waals surface area contributed by atoms with Gasteiger partial charge in [0.25, 0.3) is 0 Å². The van der Waals surface area contributed by atoms with Gasteiger partial charge in [-0.05, 0) is 46.9 Å². The summed E-state index contributed by atoms with van der Waals surface area (Å²) in [4.78, 5) is 33.0. The highest BCUT2D eigenvalue weighted by molar-refractivity contribution is 6.31. The van der Waals surface area contributed by atoms with E-state index in [-0.39, 0.29) is 18.7 Å². The van der Waals surface area contributed by atoms with Crippen LogP contribution in [0.25, 0.3) is 0 Å². The number of nitrogens with zero attached hydrogens (tertiary/aromatic N) is 4. The zero-order valence-electron chi connectivity index (χ0n) is 21.0. The monoisotopic (exact) mass is 539 g/mol. The van der Waals surface area contributed by atoms with E-state index in [1.54, 1.807) is 34.9 Å². The number of fused-ring (bicyclic) bond motifs is 1. The third-order valence-electron chi connectivity index (χ3n) is 7.46. The summed E-state index contributed by atoms with van der Waals surface area (Å²) in [5, 5.41) is 20.5. The summed E-state index contributed by atoms with van der Waals surface area (Å²) in [6, 6.07) is 23.4. The normalized spacial score (nSPS) is 16.6. The number of aliphatic carboxylic acids is 1. The van der Waals surface area contributed by atoms with Crippen molar-refractivity contribution < 1.29 is 14.7 Å². The number of hydrogen-bond acceptors (Lipinski definition) is 5. The van der Waals surface area contributed by atoms with E-state index in [9.17, 15) is 14.7 Å². The number of nitrogens with two attached hydrogens (primary N) is 1. The van der Waals surface area contributed by atoms with Gasteiger partial charge in [0.1, 0.15) is 0 Å². The number of nitriles is 1. The smallest absolute Gasteiger partial charge is 0.327 e. The van der Waals surface area contributed by atoms with Crippen LogP contribution in [0.15, 0.2) is 85.3 Å². The molecule has 1 aliphatic rings. The summed E-state index contributed by atoms with van der Waals surface area (Å²) >= 11 is 6.50. The number of primary amides is 1. The molecule has 5 rings (SSSR count). The molecule has 0 radical (unpaired) electrons. The molecule has 3 N–H and O–H groups in total. The number of imidazole rings is 1. The average Bonchev–Trinajstić information content (AvgIpc) is 3.38. The molecule has 39 heavy (non-hydrogen) atoms. The van der Waals surface area contributed by atoms with Gasteiger partial charge in [0.2, 0.25) is 11.3 Å². The van der Waals surface area contributed by atoms with Gasteiger partial charge in [-0.15, -0.1) is 0 Å². The Labute approximate surface area is 230 Å². The second-order valence-electron chi connectivity index (χ2n) is 9.68. The maximum Gasteiger partial charge on any atom is 0.327 e. The van der Waals surface area contributed by atoms with Crippen LogP contribution in [0, 0.1) is 11.3 Å². The number of carbonyl (C=O) groups is 2. The minimum Gasteiger partial charge on any atom is -0.480 e. The van der Waals surface area contributed by atoms with Gasteiger partial charge >= 0.3 is 5.97 Å². The fourth-order valence-electron chi connectivity index (χ4n) is 5.49. The molecule has 2 heterocycles. The number of carboxylic acids is 1. The molecular formula is C30H26ClN5O3. The summed E-state index contributed by atoms with van der Waals surface area (Å²) in [6.45, 7) is 0.986. The van der Waals surface area contributed by atoms with Gasteiger partial charge in [0.15, 0.2) is 0 Å². The van der Waals surface area contributed by atoms with Crippen LogP contribution in [0.3, 0.4) is 0 Å². The molecule has 0 fully saturated rings. The average molecular weight is 540 g/mol. The number of carboxylic acid groups (broad SMARTS) is 1. The van der Waals surface area contributed by atoms with Gasteiger partial charge in [-0.2, -0.15) is 5.26 Å². The van der Waals surface area contributed by atoms with Crippen molar-refractivity contribution in [2.75, 3.05) is 0 Å². The molecule has 2 unspecified atom stereocenters. The van der Waals surface area contributed by atoms with Crippen molar-refractivity contribution in [2.24, 2.45) is 5.73 Å². The van der Waals surface area contributed by atoms with E-state index >= 15 is 0 Å². The molecule has 1 amide bonds. The maximum absolute atomic E-state index is 13.4. The molecule has 1 aliphatic heterocycles. The van der Waals surface area contributed by atoms with Crippen molar-refractivity contribution in [1.82, 2.24) is 14.5 Å². The van der Waals surface area contributed by atoms with Crippen molar-refractivity contribution in [1.29, 1.82) is 5.26 Å². The Balaban J connectivity index is 1.64. The van der Waals surface area contributed by atoms with E-state index in [0.717, 1.165) is 22.3 Å². The topological polar surface area (TPSA) is 125 Å². The number of rotatable bonds is 8. The third-order valence-corrected chi connectivity index (χ3v) is 7.82. The Morgan fingerprint density at radius 1 is 1.05 bits per heavy atom. The van der Waals surface area contributed by atoms with Crippen LogP contribution in [-0.4, -0.2) is 37.5 Å². The van der Waals surface area contributed by atoms with Gasteiger partial charge < -0.3 is 15.4 Å². The number of aromatic nitrogens is 2. The quantitative estimate of drug-likeness (QED) is 0.327. The van der Waals surface area contributed by atoms with E-state index in [0.29, 0.717) is 23.7 Å². The largest absolute Gasteiger partial charge is 0.480 e. The third kappa shape index (κ3) is 4.78. The summed E-state index contributed by atoms with van der Waals surface area (Å²) in [6.07, 6.45) is 3.21. The second kappa shape index (κ2) is 10.7. The van der Waals surface area contributed by atoms with Gasteiger partial charge in [0, 0.05) is 36.9 Å². The van der Waals surface area contributed by atoms with Crippen LogP contribution in [0.2, 0.25) is 5.02 Å². The maximum atomic E-state index is 13.4. The van der Waals surface area contributed by atoms with Crippen LogP contribution in [0.4, 0.5) is 0 Å². The lowest BCUT2D eigenvalue weighted by molar-refractivity contribution is -0.153. The predicted molar refractivity (Wildman–Crippen MR) is 146 cm³/mol. The molecular weight excluding hydrogens is 514 g/mol. The highest BCUT2D eigenvalue weighted by Gasteiger charge is 2.57. The van der Waals surface area contributed by atoms with Crippen molar-refractivity contribution in [3.05, 3.63) is 124 Å². The molecule has 0 aliphatic carbocycles. The van der Waals surface area contributed by atoms with Gasteiger partial charge in [-0.3, -0.25) is 14.5 Å². The van der Waals surface area contributed by atoms with Crippen molar-refractivity contribution in [3.8, 4) is 6.07 Å². The van der Waals surface area contributed by atoms with E-state index in [1.165, 1.54) is 12.5 Å². The van der Waals surface area contributed by atoms with Gasteiger partial charge in [-0.1, -0.05) is 66.2 Å². The minimum atomic E-state index is -2.11. The number of carbonyl (C=O) groups excluding carboxylic acids is 1. The number of halogens is 1. The first kappa shape index (κ1) is 26.2. The first-order valence-corrected chi connectivity index (χ1v) is 12.8. The van der Waals surface area contributed by atoms with E-state index in [1.807, 2.05) is 47.4 Å². The number of hydrogen-bond donors (Lipinski definition) is 2. The van der Waals surface area contributed by atoms with E-state index in [4.69, 9.17) is 22.6 Å². The fraction of sp³-hybridized carbons (Fsp3) is 0.200. The van der Waals surface area contributed by atoms with Crippen LogP contribution in [0.1, 0.15) is 33.5 Å². The highest BCUT2D eigenvalue weighted by Crippen LogP contribution is 2.39. The Kier molecular flexibility index (Phi) is 7.20. The first-order valence-electron chi connectivity index (χ1n) is 12.4. The van der Waals surface area contributed by atoms with E-state index in [2.05, 4.69) is 11.1 Å². The lowest BCUT2D eigenvalue weighted by atomic mass is 9.71. The summed E-state index contributed by atoms with van der Waals surface area (Å²) in [7, 11) is 0. The molecule has 0 saturated carbocycles. The lowest BCUT2D eigenvalue weighted by Crippen LogP contribution is -2.64. The zero-order valence-corrected chi connectivity index (χ0v) is 21.8. The molecule has 0 saturated heterocycles. The molecule has 1 aromatic heterocycles. The number of benzene rings is 3. The van der Waals surface area contributed by atoms with Gasteiger partial charge in [-0.25, -0.2) is 4.98 Å². The standard InChI is InChI=1S/C30H26ClN5O3/c31-25-8-4-3-7-24(25)18-35-17-23-6-2-1-5-22(23)13-26(35)30(28(33)37,29(38)39)27-15-34-19-36(27)16-21-11-9-20(14-32)10-12-21/h1-12,15,19,26H,13,16-18H2,(H2,33,37)(H,38,39). The summed E-state index contributed by atoms with van der Waals surface area (Å²) in [5.41, 5.74) is 8.29. The Hall–Kier alpha value is -4.45. The second-order valence-corrected chi connectivity index (χ2v) is 10.1. The summed E-state index contributed by atoms with van der Waals surface area (Å²) < 4.78 is 1.65. The SMILES string of the molecule is N#Cc1ccc(Cn2cncc2C(C(N)=O)(C(=O)O)C2Cc3ccccc3CN2Cc2ccccc2Cl)cc1. The van der Waals surface area contributed by atoms with Crippen molar-refractivity contribution in [2.45, 2.75) is 37.5 Å². The molecule has 196 valence electrons. The van der Waals surface area contributed by atoms with Crippen LogP contribution in [-0.2, 0) is 41.1 Å². The van der Waals surface area contributed by atoms with Crippen LogP contribution in [0.5, 0.6) is 0 Å². The first-order chi connectivity index (χ1) is 18.8. The Morgan fingerprint density at radius 3 is 2.41 bits per heavy atom. The molecule has 2 atom stereocenters. The molecule has 0 bridgehead atoms. The van der Waals surface area contributed by atoms with Crippen LogP contribution >= 0.6 is 11.6 Å². The highest BCUT2D eigenvalue weighted by atomic mass is 35.5. The molecule has 8 nitrogen and oxygen atoms in total. The Morgan fingerprint density at radius 2 is 1.74 bits per heavy atom. The summed E-state index contributed by atoms with van der Waals surface area (Å²) in [5.74, 6) is -2.31. The van der Waals surface area contributed by atoms with Crippen LogP contribution < -0.4 is 5.73 Å². The van der Waals surface area contributed by atoms with Crippen molar-refractivity contribution in [3.63, 3.8) is 0 Å². The predicted octanol–water partition coefficient (Wildman–Crippen LogP) is 3.89. The van der Waals surface area contributed by atoms with Gasteiger partial charge in [0.05, 0.1) is 23.7 Å². The lowest BCUT2D eigenvalue weighted by Gasteiger charge is -2.45. The van der Waals surface area contributed by atoms with E-state index < -0.39 is 23.3 Å².